The molecule has 0 radical (unpaired) electrons. The molecular weight excluding hydrogens is 457 g/mol. The monoisotopic (exact) mass is 479 g/mol. The van der Waals surface area contributed by atoms with E-state index in [1.54, 1.807) is 36.4 Å². The van der Waals surface area contributed by atoms with Gasteiger partial charge in [-0.2, -0.15) is 0 Å². The number of carbonyl (C=O) groups excluding carboxylic acids is 1. The fourth-order valence-electron chi connectivity index (χ4n) is 4.94. The fraction of sp³-hybridized carbons (Fsp3) is 0.259. The molecular formula is C27H23ClFNO4. The molecule has 2 aliphatic rings. The molecule has 7 heteroatoms. The van der Waals surface area contributed by atoms with Gasteiger partial charge in [-0.15, -0.1) is 0 Å². The van der Waals surface area contributed by atoms with E-state index in [0.29, 0.717) is 41.3 Å². The van der Waals surface area contributed by atoms with Crippen LogP contribution in [-0.2, 0) is 16.0 Å². The first-order chi connectivity index (χ1) is 16.4. The lowest BCUT2D eigenvalue weighted by molar-refractivity contribution is -0.139. The van der Waals surface area contributed by atoms with Crippen molar-refractivity contribution in [3.63, 3.8) is 0 Å². The average Bonchev–Trinajstić information content (AvgIpc) is 3.63. The summed E-state index contributed by atoms with van der Waals surface area (Å²) in [6.07, 6.45) is 1.30. The second-order valence-corrected chi connectivity index (χ2v) is 9.15. The third-order valence-electron chi connectivity index (χ3n) is 6.60. The van der Waals surface area contributed by atoms with Crippen molar-refractivity contribution in [3.8, 4) is 5.75 Å². The number of rotatable bonds is 6. The molecule has 1 unspecified atom stereocenters. The topological polar surface area (TPSA) is 66.8 Å². The zero-order valence-corrected chi connectivity index (χ0v) is 19.0. The van der Waals surface area contributed by atoms with Crippen LogP contribution < -0.4 is 4.74 Å². The number of fused-ring (bicyclic) bond motifs is 1. The highest BCUT2D eigenvalue weighted by Crippen LogP contribution is 2.51. The van der Waals surface area contributed by atoms with Crippen molar-refractivity contribution >= 4 is 23.5 Å². The van der Waals surface area contributed by atoms with Crippen LogP contribution >= 0.6 is 11.6 Å². The van der Waals surface area contributed by atoms with Gasteiger partial charge in [-0.1, -0.05) is 54.1 Å². The third-order valence-corrected chi connectivity index (χ3v) is 6.83. The largest absolute Gasteiger partial charge is 0.482 e. The fourth-order valence-corrected chi connectivity index (χ4v) is 5.12. The first-order valence-electron chi connectivity index (χ1n) is 11.2. The number of carboxylic acids is 1. The molecule has 0 saturated heterocycles. The van der Waals surface area contributed by atoms with Crippen molar-refractivity contribution in [2.45, 2.75) is 24.8 Å². The van der Waals surface area contributed by atoms with Gasteiger partial charge in [-0.3, -0.25) is 4.79 Å². The first kappa shape index (κ1) is 22.4. The molecule has 1 aliphatic carbocycles. The second kappa shape index (κ2) is 9.11. The van der Waals surface area contributed by atoms with E-state index >= 15 is 0 Å². The van der Waals surface area contributed by atoms with E-state index in [1.807, 2.05) is 29.2 Å². The van der Waals surface area contributed by atoms with E-state index in [-0.39, 0.29) is 23.6 Å². The minimum absolute atomic E-state index is 0.0445. The van der Waals surface area contributed by atoms with Gasteiger partial charge in [0.1, 0.15) is 11.6 Å². The second-order valence-electron chi connectivity index (χ2n) is 8.72. The Morgan fingerprint density at radius 1 is 1.03 bits per heavy atom. The molecule has 3 aromatic rings. The summed E-state index contributed by atoms with van der Waals surface area (Å²) < 4.78 is 19.9. The maximum atomic E-state index is 14.3. The predicted molar refractivity (Wildman–Crippen MR) is 126 cm³/mol. The molecule has 0 aromatic heterocycles. The molecule has 3 atom stereocenters. The zero-order chi connectivity index (χ0) is 23.8. The molecule has 1 fully saturated rings. The van der Waals surface area contributed by atoms with E-state index in [4.69, 9.17) is 21.4 Å². The molecule has 1 N–H and O–H groups in total. The number of benzene rings is 3. The number of hydrogen-bond donors (Lipinski definition) is 1. The first-order valence-corrected chi connectivity index (χ1v) is 11.6. The van der Waals surface area contributed by atoms with E-state index in [0.717, 1.165) is 11.1 Å². The molecule has 0 bridgehead atoms. The number of amides is 1. The molecule has 34 heavy (non-hydrogen) atoms. The quantitative estimate of drug-likeness (QED) is 0.526. The van der Waals surface area contributed by atoms with E-state index < -0.39 is 18.6 Å². The highest BCUT2D eigenvalue weighted by molar-refractivity contribution is 6.30. The molecule has 3 aromatic carbocycles. The molecule has 1 amide bonds. The molecule has 1 saturated carbocycles. The van der Waals surface area contributed by atoms with Crippen LogP contribution in [0.2, 0.25) is 5.02 Å². The summed E-state index contributed by atoms with van der Waals surface area (Å²) in [5.41, 5.74) is 3.27. The number of nitrogens with zero attached hydrogens (tertiary/aromatic N) is 1. The van der Waals surface area contributed by atoms with Gasteiger partial charge in [0.05, 0.1) is 6.04 Å². The molecule has 5 nitrogen and oxygen atoms in total. The van der Waals surface area contributed by atoms with Crippen LogP contribution in [0.25, 0.3) is 0 Å². The number of carbonyl (C=O) groups is 2. The van der Waals surface area contributed by atoms with Gasteiger partial charge < -0.3 is 14.7 Å². The van der Waals surface area contributed by atoms with E-state index in [2.05, 4.69) is 0 Å². The Kier molecular flexibility index (Phi) is 6.00. The summed E-state index contributed by atoms with van der Waals surface area (Å²) in [6.45, 7) is -0.0131. The maximum Gasteiger partial charge on any atom is 0.341 e. The summed E-state index contributed by atoms with van der Waals surface area (Å²) in [5.74, 6) is -1.50. The zero-order valence-electron chi connectivity index (χ0n) is 18.3. The summed E-state index contributed by atoms with van der Waals surface area (Å²) in [5, 5.41) is 9.59. The number of hydrogen-bond acceptors (Lipinski definition) is 3. The summed E-state index contributed by atoms with van der Waals surface area (Å²) in [4.78, 5) is 26.7. The van der Waals surface area contributed by atoms with Gasteiger partial charge in [0.15, 0.2) is 6.61 Å². The van der Waals surface area contributed by atoms with Crippen LogP contribution in [0.3, 0.4) is 0 Å². The van der Waals surface area contributed by atoms with E-state index in [9.17, 15) is 14.0 Å². The van der Waals surface area contributed by atoms with Gasteiger partial charge in [-0.05, 0) is 59.7 Å². The predicted octanol–water partition coefficient (Wildman–Crippen LogP) is 5.22. The Labute approximate surface area is 201 Å². The van der Waals surface area contributed by atoms with Gasteiger partial charge in [0.2, 0.25) is 5.91 Å². The lowest BCUT2D eigenvalue weighted by Crippen LogP contribution is -2.41. The van der Waals surface area contributed by atoms with Crippen molar-refractivity contribution < 1.29 is 23.8 Å². The van der Waals surface area contributed by atoms with Gasteiger partial charge in [-0.25, -0.2) is 9.18 Å². The smallest absolute Gasteiger partial charge is 0.341 e. The van der Waals surface area contributed by atoms with Crippen LogP contribution in [-0.4, -0.2) is 35.0 Å². The minimum atomic E-state index is -1.09. The normalized spacial score (nSPS) is 21.0. The van der Waals surface area contributed by atoms with Gasteiger partial charge >= 0.3 is 5.97 Å². The lowest BCUT2D eigenvalue weighted by atomic mass is 9.87. The Morgan fingerprint density at radius 3 is 2.53 bits per heavy atom. The Bertz CT molecular complexity index is 1260. The van der Waals surface area contributed by atoms with Crippen molar-refractivity contribution in [3.05, 3.63) is 99.8 Å². The highest BCUT2D eigenvalue weighted by atomic mass is 35.5. The maximum absolute atomic E-state index is 14.3. The number of halogens is 2. The van der Waals surface area contributed by atoms with Crippen molar-refractivity contribution in [1.29, 1.82) is 0 Å². The van der Waals surface area contributed by atoms with E-state index in [1.165, 1.54) is 6.07 Å². The van der Waals surface area contributed by atoms with Crippen LogP contribution in [0.15, 0.2) is 66.7 Å². The molecule has 1 aliphatic heterocycles. The third kappa shape index (κ3) is 4.26. The van der Waals surface area contributed by atoms with Crippen LogP contribution in [0.5, 0.6) is 5.75 Å². The molecule has 0 spiro atoms. The summed E-state index contributed by atoms with van der Waals surface area (Å²) in [7, 11) is 0. The molecule has 174 valence electrons. The van der Waals surface area contributed by atoms with Crippen molar-refractivity contribution in [2.24, 2.45) is 5.92 Å². The van der Waals surface area contributed by atoms with Crippen LogP contribution in [0.4, 0.5) is 4.39 Å². The Balaban J connectivity index is 1.52. The minimum Gasteiger partial charge on any atom is -0.482 e. The SMILES string of the molecule is O=C(O)COc1ccc(Cl)cc1C1c2ccccc2CCN1C(=O)[C@@H]1C[C@H]1c1ccccc1F. The molecule has 5 rings (SSSR count). The summed E-state index contributed by atoms with van der Waals surface area (Å²) >= 11 is 6.33. The number of carboxylic acid groups (broad SMARTS) is 1. The van der Waals surface area contributed by atoms with Crippen molar-refractivity contribution in [2.75, 3.05) is 13.2 Å². The standard InChI is InChI=1S/C27H23ClFNO4/c28-17-9-10-24(34-15-25(31)32)22(13-17)26-18-6-2-1-5-16(18)11-12-30(26)27(33)21-14-20(21)19-7-3-4-8-23(19)29/h1-10,13,20-21,26H,11-12,14-15H2,(H,31,32)/t20-,21+,26?/m0/s1. The number of aliphatic carboxylic acids is 1. The lowest BCUT2D eigenvalue weighted by Gasteiger charge is -2.38. The van der Waals surface area contributed by atoms with Gasteiger partial charge in [0.25, 0.3) is 0 Å². The average molecular weight is 480 g/mol. The number of ether oxygens (including phenoxy) is 1. The van der Waals surface area contributed by atoms with Crippen LogP contribution in [0.1, 0.15) is 40.6 Å². The molecule has 1 heterocycles. The Hall–Kier alpha value is -3.38. The summed E-state index contributed by atoms with van der Waals surface area (Å²) in [6, 6.07) is 19.0. The van der Waals surface area contributed by atoms with Crippen LogP contribution in [0, 0.1) is 11.7 Å². The van der Waals surface area contributed by atoms with Gasteiger partial charge in [0, 0.05) is 23.0 Å². The highest BCUT2D eigenvalue weighted by Gasteiger charge is 2.49. The van der Waals surface area contributed by atoms with Crippen molar-refractivity contribution in [1.82, 2.24) is 4.90 Å². The Morgan fingerprint density at radius 2 is 1.76 bits per heavy atom.